The number of carbonyl (C=O) groups is 1. The van der Waals surface area contributed by atoms with Gasteiger partial charge < -0.3 is 9.52 Å². The maximum atomic E-state index is 10.1. The number of aryl methyl sites for hydroxylation is 1. The number of hydrogen-bond acceptors (Lipinski definition) is 3. The maximum Gasteiger partial charge on any atom is 0.312 e. The highest BCUT2D eigenvalue weighted by Gasteiger charge is 2.09. The number of carboxylic acid groups (broad SMARTS) is 1. The summed E-state index contributed by atoms with van der Waals surface area (Å²) in [5, 5.41) is 8.55. The van der Waals surface area contributed by atoms with Gasteiger partial charge in [-0.2, -0.15) is 0 Å². The molecule has 0 unspecified atom stereocenters. The Morgan fingerprint density at radius 1 is 1.82 bits per heavy atom. The molecule has 0 spiro atoms. The summed E-state index contributed by atoms with van der Waals surface area (Å²) < 4.78 is 4.90. The smallest absolute Gasteiger partial charge is 0.312 e. The summed E-state index contributed by atoms with van der Waals surface area (Å²) in [5.74, 6) is -0.397. The number of aliphatic carboxylic acids is 1. The van der Waals surface area contributed by atoms with Crippen LogP contribution in [0.4, 0.5) is 0 Å². The van der Waals surface area contributed by atoms with Crippen molar-refractivity contribution in [3.63, 3.8) is 0 Å². The minimum atomic E-state index is -0.983. The first-order valence-corrected chi connectivity index (χ1v) is 3.31. The zero-order valence-electron chi connectivity index (χ0n) is 5.80. The fourth-order valence-corrected chi connectivity index (χ4v) is 0.768. The van der Waals surface area contributed by atoms with E-state index in [0.29, 0.717) is 5.76 Å². The molecule has 1 aromatic rings. The van der Waals surface area contributed by atoms with Crippen LogP contribution in [-0.4, -0.2) is 16.1 Å². The lowest BCUT2D eigenvalue weighted by Crippen LogP contribution is -1.99. The normalized spacial score (nSPS) is 10.0. The Hall–Kier alpha value is -1.03. The topological polar surface area (TPSA) is 63.3 Å². The van der Waals surface area contributed by atoms with Crippen LogP contribution < -0.4 is 0 Å². The van der Waals surface area contributed by atoms with Crippen molar-refractivity contribution in [3.8, 4) is 0 Å². The first kappa shape index (κ1) is 8.07. The zero-order valence-corrected chi connectivity index (χ0v) is 6.55. The Morgan fingerprint density at radius 2 is 2.45 bits per heavy atom. The van der Waals surface area contributed by atoms with Gasteiger partial charge in [0.25, 0.3) is 0 Å². The molecule has 0 aliphatic rings. The van der Waals surface area contributed by atoms with Gasteiger partial charge in [0.05, 0.1) is 0 Å². The second-order valence-corrected chi connectivity index (χ2v) is 2.38. The Kier molecular flexibility index (Phi) is 2.14. The summed E-state index contributed by atoms with van der Waals surface area (Å²) in [6.07, 6.45) is -0.229. The standard InChI is InChI=1S/C6H6ClNO3/c1-3-6(7)8-4(11-3)2-5(9)10/h2H2,1H3,(H,9,10). The van der Waals surface area contributed by atoms with E-state index in [1.807, 2.05) is 0 Å². The summed E-state index contributed by atoms with van der Waals surface area (Å²) >= 11 is 5.52. The number of rotatable bonds is 2. The molecule has 0 aliphatic heterocycles. The minimum Gasteiger partial charge on any atom is -0.481 e. The van der Waals surface area contributed by atoms with Gasteiger partial charge in [-0.1, -0.05) is 11.6 Å². The lowest BCUT2D eigenvalue weighted by molar-refractivity contribution is -0.136. The third-order valence-electron chi connectivity index (χ3n) is 1.09. The van der Waals surface area contributed by atoms with Gasteiger partial charge in [-0.15, -0.1) is 0 Å². The molecule has 0 aliphatic carbocycles. The van der Waals surface area contributed by atoms with Gasteiger partial charge in [0.15, 0.2) is 5.15 Å². The van der Waals surface area contributed by atoms with E-state index in [1.165, 1.54) is 0 Å². The van der Waals surface area contributed by atoms with Crippen molar-refractivity contribution in [2.45, 2.75) is 13.3 Å². The van der Waals surface area contributed by atoms with Crippen LogP contribution in [0.3, 0.4) is 0 Å². The van der Waals surface area contributed by atoms with E-state index in [4.69, 9.17) is 21.1 Å². The van der Waals surface area contributed by atoms with Crippen molar-refractivity contribution in [3.05, 3.63) is 16.8 Å². The molecule has 0 fully saturated rings. The minimum absolute atomic E-state index is 0.139. The van der Waals surface area contributed by atoms with Crippen molar-refractivity contribution in [2.75, 3.05) is 0 Å². The van der Waals surface area contributed by atoms with Crippen LogP contribution in [0.2, 0.25) is 5.15 Å². The Morgan fingerprint density at radius 3 is 2.82 bits per heavy atom. The van der Waals surface area contributed by atoms with Gasteiger partial charge in [-0.05, 0) is 6.92 Å². The first-order chi connectivity index (χ1) is 5.09. The molecule has 0 saturated heterocycles. The number of carboxylic acids is 1. The predicted molar refractivity (Wildman–Crippen MR) is 37.6 cm³/mol. The molecule has 1 heterocycles. The molecule has 1 N–H and O–H groups in total. The Bertz CT molecular complexity index is 262. The molecule has 11 heavy (non-hydrogen) atoms. The van der Waals surface area contributed by atoms with Crippen molar-refractivity contribution in [2.24, 2.45) is 0 Å². The first-order valence-electron chi connectivity index (χ1n) is 2.93. The molecule has 4 nitrogen and oxygen atoms in total. The molecule has 0 aromatic carbocycles. The Labute approximate surface area is 67.8 Å². The average molecular weight is 176 g/mol. The molecule has 1 aromatic heterocycles. The van der Waals surface area contributed by atoms with E-state index in [1.54, 1.807) is 6.92 Å². The third kappa shape index (κ3) is 1.94. The molecule has 60 valence electrons. The van der Waals surface area contributed by atoms with Crippen LogP contribution in [0, 0.1) is 6.92 Å². The SMILES string of the molecule is Cc1oc(CC(=O)O)nc1Cl. The molecule has 0 atom stereocenters. The third-order valence-corrected chi connectivity index (χ3v) is 1.44. The second-order valence-electron chi connectivity index (χ2n) is 2.03. The van der Waals surface area contributed by atoms with Gasteiger partial charge >= 0.3 is 5.97 Å². The summed E-state index contributed by atoms with van der Waals surface area (Å²) in [5.41, 5.74) is 0. The summed E-state index contributed by atoms with van der Waals surface area (Å²) in [4.78, 5) is 13.8. The van der Waals surface area contributed by atoms with Crippen molar-refractivity contribution < 1.29 is 14.3 Å². The molecule has 0 bridgehead atoms. The lowest BCUT2D eigenvalue weighted by atomic mass is 10.4. The molecule has 0 radical (unpaired) electrons. The Balaban J connectivity index is 2.81. The monoisotopic (exact) mass is 175 g/mol. The van der Waals surface area contributed by atoms with Gasteiger partial charge in [-0.25, -0.2) is 4.98 Å². The average Bonchev–Trinajstić information content (AvgIpc) is 2.10. The molecular weight excluding hydrogens is 170 g/mol. The van der Waals surface area contributed by atoms with Crippen molar-refractivity contribution >= 4 is 17.6 Å². The highest BCUT2D eigenvalue weighted by molar-refractivity contribution is 6.29. The van der Waals surface area contributed by atoms with Crippen LogP contribution in [0.25, 0.3) is 0 Å². The number of aromatic nitrogens is 1. The van der Waals surface area contributed by atoms with Crippen molar-refractivity contribution in [1.82, 2.24) is 4.98 Å². The van der Waals surface area contributed by atoms with Crippen LogP contribution in [0.5, 0.6) is 0 Å². The summed E-state index contributed by atoms with van der Waals surface area (Å²) in [7, 11) is 0. The second kappa shape index (κ2) is 2.92. The fraction of sp³-hybridized carbons (Fsp3) is 0.333. The molecular formula is C6H6ClNO3. The van der Waals surface area contributed by atoms with Crippen LogP contribution in [-0.2, 0) is 11.2 Å². The summed E-state index contributed by atoms with van der Waals surface area (Å²) in [6.45, 7) is 1.63. The molecule has 0 amide bonds. The number of halogens is 1. The maximum absolute atomic E-state index is 10.1. The molecule has 0 saturated carbocycles. The van der Waals surface area contributed by atoms with E-state index in [2.05, 4.69) is 4.98 Å². The van der Waals surface area contributed by atoms with E-state index >= 15 is 0 Å². The largest absolute Gasteiger partial charge is 0.481 e. The number of nitrogens with zero attached hydrogens (tertiary/aromatic N) is 1. The van der Waals surface area contributed by atoms with Crippen LogP contribution >= 0.6 is 11.6 Å². The zero-order chi connectivity index (χ0) is 8.43. The van der Waals surface area contributed by atoms with Gasteiger partial charge in [0.1, 0.15) is 12.2 Å². The quantitative estimate of drug-likeness (QED) is 0.735. The predicted octanol–water partition coefficient (Wildman–Crippen LogP) is 1.26. The van der Waals surface area contributed by atoms with E-state index in [0.717, 1.165) is 0 Å². The lowest BCUT2D eigenvalue weighted by Gasteiger charge is -1.84. The van der Waals surface area contributed by atoms with E-state index in [9.17, 15) is 4.79 Å². The van der Waals surface area contributed by atoms with Crippen molar-refractivity contribution in [1.29, 1.82) is 0 Å². The molecule has 1 rings (SSSR count). The summed E-state index contributed by atoms with van der Waals surface area (Å²) in [6, 6.07) is 0. The van der Waals surface area contributed by atoms with Gasteiger partial charge in [-0.3, -0.25) is 4.79 Å². The van der Waals surface area contributed by atoms with Crippen LogP contribution in [0.1, 0.15) is 11.7 Å². The van der Waals surface area contributed by atoms with Crippen LogP contribution in [0.15, 0.2) is 4.42 Å². The highest BCUT2D eigenvalue weighted by atomic mass is 35.5. The van der Waals surface area contributed by atoms with Gasteiger partial charge in [0, 0.05) is 0 Å². The number of hydrogen-bond donors (Lipinski definition) is 1. The number of oxazole rings is 1. The molecule has 5 heteroatoms. The fourth-order valence-electron chi connectivity index (χ4n) is 0.635. The van der Waals surface area contributed by atoms with E-state index < -0.39 is 5.97 Å². The van der Waals surface area contributed by atoms with Gasteiger partial charge in [0.2, 0.25) is 5.89 Å². The van der Waals surface area contributed by atoms with E-state index in [-0.39, 0.29) is 17.5 Å². The highest BCUT2D eigenvalue weighted by Crippen LogP contribution is 2.14.